The van der Waals surface area contributed by atoms with E-state index in [1.807, 2.05) is 19.0 Å². The van der Waals surface area contributed by atoms with Gasteiger partial charge in [0.05, 0.1) is 0 Å². The summed E-state index contributed by atoms with van der Waals surface area (Å²) >= 11 is 0. The summed E-state index contributed by atoms with van der Waals surface area (Å²) in [6.45, 7) is 2.88. The lowest BCUT2D eigenvalue weighted by Gasteiger charge is -2.26. The molecule has 1 N–H and O–H groups in total. The quantitative estimate of drug-likeness (QED) is 0.717. The maximum absolute atomic E-state index is 12.2. The van der Waals surface area contributed by atoms with Crippen molar-refractivity contribution in [3.05, 3.63) is 11.5 Å². The summed E-state index contributed by atoms with van der Waals surface area (Å²) in [5.41, 5.74) is 0. The van der Waals surface area contributed by atoms with E-state index in [2.05, 4.69) is 0 Å². The first-order chi connectivity index (χ1) is 8.91. The van der Waals surface area contributed by atoms with E-state index in [4.69, 9.17) is 14.6 Å². The molecule has 1 amide bonds. The molecule has 1 aliphatic heterocycles. The molecule has 0 unspecified atom stereocenters. The Labute approximate surface area is 112 Å². The average Bonchev–Trinajstić information content (AvgIpc) is 2.33. The number of carbonyl (C=O) groups is 2. The Hall–Kier alpha value is -1.76. The second kappa shape index (κ2) is 6.98. The van der Waals surface area contributed by atoms with Gasteiger partial charge in [-0.1, -0.05) is 0 Å². The summed E-state index contributed by atoms with van der Waals surface area (Å²) in [7, 11) is 3.71. The Morgan fingerprint density at radius 3 is 2.37 bits per heavy atom. The van der Waals surface area contributed by atoms with Crippen molar-refractivity contribution in [3.63, 3.8) is 0 Å². The van der Waals surface area contributed by atoms with Crippen molar-refractivity contribution in [1.29, 1.82) is 0 Å². The van der Waals surface area contributed by atoms with Crippen molar-refractivity contribution in [3.8, 4) is 0 Å². The van der Waals surface area contributed by atoms with E-state index in [-0.39, 0.29) is 12.3 Å². The summed E-state index contributed by atoms with van der Waals surface area (Å²) in [4.78, 5) is 26.2. The fourth-order valence-electron chi connectivity index (χ4n) is 1.60. The fourth-order valence-corrected chi connectivity index (χ4v) is 1.60. The lowest BCUT2D eigenvalue weighted by atomic mass is 10.3. The van der Waals surface area contributed by atoms with Crippen molar-refractivity contribution in [1.82, 2.24) is 9.80 Å². The zero-order valence-electron chi connectivity index (χ0n) is 11.5. The molecule has 0 spiro atoms. The predicted octanol–water partition coefficient (Wildman–Crippen LogP) is -0.260. The second-order valence-corrected chi connectivity index (χ2v) is 4.51. The lowest BCUT2D eigenvalue weighted by Crippen LogP contribution is -2.42. The van der Waals surface area contributed by atoms with Crippen LogP contribution in [0.3, 0.4) is 0 Å². The lowest BCUT2D eigenvalue weighted by molar-refractivity contribution is -0.145. The topological polar surface area (TPSA) is 79.3 Å². The molecule has 0 saturated heterocycles. The van der Waals surface area contributed by atoms with Gasteiger partial charge in [0.1, 0.15) is 25.5 Å². The molecule has 1 heterocycles. The Kier molecular flexibility index (Phi) is 5.62. The number of hydrogen-bond acceptors (Lipinski definition) is 5. The van der Waals surface area contributed by atoms with Crippen molar-refractivity contribution in [2.75, 3.05) is 46.9 Å². The maximum atomic E-state index is 12.2. The van der Waals surface area contributed by atoms with Crippen LogP contribution in [0.15, 0.2) is 11.5 Å². The molecule has 1 aliphatic rings. The van der Waals surface area contributed by atoms with E-state index in [0.717, 1.165) is 0 Å². The van der Waals surface area contributed by atoms with E-state index in [1.165, 1.54) is 4.90 Å². The molecular weight excluding hydrogens is 252 g/mol. The van der Waals surface area contributed by atoms with Crippen LogP contribution in [0.5, 0.6) is 0 Å². The highest BCUT2D eigenvalue weighted by Gasteiger charge is 2.26. The third-order valence-electron chi connectivity index (χ3n) is 2.59. The maximum Gasteiger partial charge on any atom is 0.323 e. The van der Waals surface area contributed by atoms with Gasteiger partial charge in [-0.15, -0.1) is 0 Å². The number of carbonyl (C=O) groups excluding carboxylic acids is 1. The summed E-state index contributed by atoms with van der Waals surface area (Å²) in [6.07, 6.45) is 0. The molecule has 7 heteroatoms. The molecule has 0 radical (unpaired) electrons. The number of rotatable bonds is 6. The van der Waals surface area contributed by atoms with Gasteiger partial charge in [0, 0.05) is 13.1 Å². The van der Waals surface area contributed by atoms with Crippen molar-refractivity contribution in [2.24, 2.45) is 0 Å². The van der Waals surface area contributed by atoms with Crippen LogP contribution >= 0.6 is 0 Å². The summed E-state index contributed by atoms with van der Waals surface area (Å²) < 4.78 is 10.5. The number of aliphatic carboxylic acids is 1. The number of hydrogen-bond donors (Lipinski definition) is 1. The normalized spacial score (nSPS) is 14.9. The molecule has 0 aliphatic carbocycles. The van der Waals surface area contributed by atoms with E-state index in [1.54, 1.807) is 6.92 Å². The van der Waals surface area contributed by atoms with Gasteiger partial charge in [-0.05, 0) is 21.0 Å². The van der Waals surface area contributed by atoms with E-state index >= 15 is 0 Å². The molecule has 0 aromatic rings. The fraction of sp³-hybridized carbons (Fsp3) is 0.667. The molecule has 0 fully saturated rings. The highest BCUT2D eigenvalue weighted by Crippen LogP contribution is 2.15. The Balaban J connectivity index is 2.77. The Morgan fingerprint density at radius 1 is 1.21 bits per heavy atom. The SMILES string of the molecule is CC1=C(C(=O)N(CCN(C)C)CC(=O)O)OCCO1. The zero-order chi connectivity index (χ0) is 14.4. The molecule has 108 valence electrons. The number of allylic oxidation sites excluding steroid dienone is 1. The number of carboxylic acid groups (broad SMARTS) is 1. The Morgan fingerprint density at radius 2 is 1.84 bits per heavy atom. The monoisotopic (exact) mass is 272 g/mol. The van der Waals surface area contributed by atoms with Crippen LogP contribution in [-0.4, -0.2) is 73.7 Å². The van der Waals surface area contributed by atoms with Crippen LogP contribution in [0.4, 0.5) is 0 Å². The van der Waals surface area contributed by atoms with Gasteiger partial charge in [0.2, 0.25) is 5.76 Å². The van der Waals surface area contributed by atoms with Gasteiger partial charge in [-0.25, -0.2) is 0 Å². The highest BCUT2D eigenvalue weighted by atomic mass is 16.6. The zero-order valence-corrected chi connectivity index (χ0v) is 11.5. The van der Waals surface area contributed by atoms with Gasteiger partial charge >= 0.3 is 5.97 Å². The van der Waals surface area contributed by atoms with Gasteiger partial charge < -0.3 is 24.4 Å². The Bertz CT molecular complexity index is 378. The first-order valence-corrected chi connectivity index (χ1v) is 6.04. The molecule has 0 aromatic heterocycles. The molecule has 1 rings (SSSR count). The van der Waals surface area contributed by atoms with Crippen molar-refractivity contribution < 1.29 is 24.2 Å². The van der Waals surface area contributed by atoms with Crippen LogP contribution in [0.25, 0.3) is 0 Å². The minimum atomic E-state index is -1.05. The van der Waals surface area contributed by atoms with Crippen LogP contribution in [0.2, 0.25) is 0 Å². The van der Waals surface area contributed by atoms with Crippen LogP contribution in [0, 0.1) is 0 Å². The van der Waals surface area contributed by atoms with Crippen molar-refractivity contribution in [2.45, 2.75) is 6.92 Å². The standard InChI is InChI=1S/C12H20N2O5/c1-9-11(19-7-6-18-9)12(17)14(8-10(15)16)5-4-13(2)3/h4-8H2,1-3H3,(H,15,16). The highest BCUT2D eigenvalue weighted by molar-refractivity contribution is 5.93. The molecular formula is C12H20N2O5. The molecule has 0 atom stereocenters. The van der Waals surface area contributed by atoms with E-state index in [9.17, 15) is 9.59 Å². The van der Waals surface area contributed by atoms with E-state index < -0.39 is 11.9 Å². The minimum absolute atomic E-state index is 0.103. The third-order valence-corrected chi connectivity index (χ3v) is 2.59. The molecule has 7 nitrogen and oxygen atoms in total. The number of ether oxygens (including phenoxy) is 2. The summed E-state index contributed by atoms with van der Waals surface area (Å²) in [5, 5.41) is 8.87. The minimum Gasteiger partial charge on any atom is -0.491 e. The van der Waals surface area contributed by atoms with Gasteiger partial charge in [0.15, 0.2) is 0 Å². The largest absolute Gasteiger partial charge is 0.491 e. The smallest absolute Gasteiger partial charge is 0.323 e. The average molecular weight is 272 g/mol. The van der Waals surface area contributed by atoms with Crippen LogP contribution in [-0.2, 0) is 19.1 Å². The summed E-state index contributed by atoms with van der Waals surface area (Å²) in [5.74, 6) is -0.994. The molecule has 0 bridgehead atoms. The molecule has 0 saturated carbocycles. The van der Waals surface area contributed by atoms with Crippen LogP contribution < -0.4 is 0 Å². The second-order valence-electron chi connectivity index (χ2n) is 4.51. The van der Waals surface area contributed by atoms with Crippen LogP contribution in [0.1, 0.15) is 6.92 Å². The summed E-state index contributed by atoms with van der Waals surface area (Å²) in [6, 6.07) is 0. The van der Waals surface area contributed by atoms with E-state index in [0.29, 0.717) is 32.1 Å². The number of amides is 1. The first-order valence-electron chi connectivity index (χ1n) is 6.04. The number of carboxylic acids is 1. The first kappa shape index (κ1) is 15.3. The number of nitrogens with zero attached hydrogens (tertiary/aromatic N) is 2. The van der Waals surface area contributed by atoms with Gasteiger partial charge in [-0.3, -0.25) is 9.59 Å². The number of likely N-dealkylation sites (N-methyl/N-ethyl adjacent to an activating group) is 1. The predicted molar refractivity (Wildman–Crippen MR) is 67.4 cm³/mol. The van der Waals surface area contributed by atoms with Crippen molar-refractivity contribution >= 4 is 11.9 Å². The molecule has 19 heavy (non-hydrogen) atoms. The van der Waals surface area contributed by atoms with Gasteiger partial charge in [0.25, 0.3) is 5.91 Å². The molecule has 0 aromatic carbocycles. The third kappa shape index (κ3) is 4.78. The van der Waals surface area contributed by atoms with Gasteiger partial charge in [-0.2, -0.15) is 0 Å².